The third-order valence-electron chi connectivity index (χ3n) is 2.57. The molecule has 0 spiro atoms. The van der Waals surface area contributed by atoms with Crippen molar-refractivity contribution in [1.82, 2.24) is 9.36 Å². The van der Waals surface area contributed by atoms with E-state index in [2.05, 4.69) is 14.7 Å². The first-order valence-electron chi connectivity index (χ1n) is 5.96. The van der Waals surface area contributed by atoms with Crippen molar-refractivity contribution in [1.29, 1.82) is 0 Å². The van der Waals surface area contributed by atoms with Crippen LogP contribution in [0.15, 0.2) is 5.38 Å². The molecule has 110 valence electrons. The van der Waals surface area contributed by atoms with E-state index in [0.717, 1.165) is 21.3 Å². The Labute approximate surface area is 126 Å². The topological polar surface area (TPSA) is 98.0 Å². The van der Waals surface area contributed by atoms with E-state index < -0.39 is 9.84 Å². The Morgan fingerprint density at radius 1 is 1.45 bits per heavy atom. The Morgan fingerprint density at radius 2 is 2.20 bits per heavy atom. The number of hydrogen-bond acceptors (Lipinski definition) is 8. The summed E-state index contributed by atoms with van der Waals surface area (Å²) in [5.41, 5.74) is 7.50. The third kappa shape index (κ3) is 3.90. The van der Waals surface area contributed by atoms with Gasteiger partial charge >= 0.3 is 0 Å². The molecule has 9 heteroatoms. The molecule has 0 aliphatic carbocycles. The zero-order valence-corrected chi connectivity index (χ0v) is 13.7. The second kappa shape index (κ2) is 6.06. The summed E-state index contributed by atoms with van der Waals surface area (Å²) in [6.45, 7) is 2.49. The van der Waals surface area contributed by atoms with E-state index in [1.165, 1.54) is 17.8 Å². The standard InChI is InChI=1S/C11H16N4O2S3/c1-7-14-8(6-18-7)9-10(12)15-19-11(9)13-4-3-5-20(2,16)17/h6,13H,3-5H2,1-2H3,(H2,12,15). The van der Waals surface area contributed by atoms with Gasteiger partial charge in [-0.25, -0.2) is 13.4 Å². The minimum absolute atomic E-state index is 0.166. The molecule has 2 heterocycles. The van der Waals surface area contributed by atoms with Gasteiger partial charge in [-0.3, -0.25) is 0 Å². The monoisotopic (exact) mass is 332 g/mol. The van der Waals surface area contributed by atoms with Gasteiger partial charge < -0.3 is 11.1 Å². The van der Waals surface area contributed by atoms with Crippen LogP contribution < -0.4 is 11.1 Å². The lowest BCUT2D eigenvalue weighted by Gasteiger charge is -2.05. The molecule has 0 unspecified atom stereocenters. The van der Waals surface area contributed by atoms with Crippen molar-refractivity contribution in [3.63, 3.8) is 0 Å². The van der Waals surface area contributed by atoms with Crippen LogP contribution in [0, 0.1) is 6.92 Å². The summed E-state index contributed by atoms with van der Waals surface area (Å²) >= 11 is 2.82. The molecular formula is C11H16N4O2S3. The Balaban J connectivity index is 2.06. The van der Waals surface area contributed by atoms with Gasteiger partial charge in [0.05, 0.1) is 22.0 Å². The Morgan fingerprint density at radius 3 is 2.80 bits per heavy atom. The van der Waals surface area contributed by atoms with Crippen molar-refractivity contribution in [2.45, 2.75) is 13.3 Å². The highest BCUT2D eigenvalue weighted by molar-refractivity contribution is 7.90. The van der Waals surface area contributed by atoms with Gasteiger partial charge in [0.2, 0.25) is 0 Å². The Kier molecular flexibility index (Phi) is 4.61. The van der Waals surface area contributed by atoms with Gasteiger partial charge in [0.1, 0.15) is 20.7 Å². The Bertz CT molecular complexity index is 690. The van der Waals surface area contributed by atoms with Crippen LogP contribution in [-0.4, -0.2) is 36.3 Å². The van der Waals surface area contributed by atoms with Crippen LogP contribution in [0.3, 0.4) is 0 Å². The van der Waals surface area contributed by atoms with Gasteiger partial charge in [-0.1, -0.05) is 0 Å². The molecule has 6 nitrogen and oxygen atoms in total. The molecule has 0 aliphatic rings. The summed E-state index contributed by atoms with van der Waals surface area (Å²) in [5, 5.41) is 6.93. The summed E-state index contributed by atoms with van der Waals surface area (Å²) in [5.74, 6) is 0.616. The van der Waals surface area contributed by atoms with E-state index in [9.17, 15) is 8.42 Å². The molecule has 2 aromatic rings. The number of thiazole rings is 1. The molecular weight excluding hydrogens is 316 g/mol. The fourth-order valence-electron chi connectivity index (χ4n) is 1.69. The van der Waals surface area contributed by atoms with E-state index in [1.807, 2.05) is 12.3 Å². The summed E-state index contributed by atoms with van der Waals surface area (Å²) < 4.78 is 26.3. The molecule has 20 heavy (non-hydrogen) atoms. The number of nitrogens with zero attached hydrogens (tertiary/aromatic N) is 2. The van der Waals surface area contributed by atoms with Crippen LogP contribution in [0.1, 0.15) is 11.4 Å². The van der Waals surface area contributed by atoms with E-state index in [1.54, 1.807) is 11.3 Å². The maximum atomic E-state index is 11.1. The highest BCUT2D eigenvalue weighted by Crippen LogP contribution is 2.36. The van der Waals surface area contributed by atoms with E-state index in [-0.39, 0.29) is 5.75 Å². The van der Waals surface area contributed by atoms with Crippen LogP contribution >= 0.6 is 22.9 Å². The maximum Gasteiger partial charge on any atom is 0.148 e. The number of rotatable bonds is 6. The zero-order chi connectivity index (χ0) is 14.8. The van der Waals surface area contributed by atoms with Crippen molar-refractivity contribution in [2.24, 2.45) is 0 Å². The summed E-state index contributed by atoms with van der Waals surface area (Å²) in [4.78, 5) is 4.41. The molecule has 0 saturated heterocycles. The van der Waals surface area contributed by atoms with Gasteiger partial charge in [0.25, 0.3) is 0 Å². The molecule has 0 aromatic carbocycles. The fourth-order valence-corrected chi connectivity index (χ4v) is 3.71. The zero-order valence-electron chi connectivity index (χ0n) is 11.2. The SMILES string of the molecule is Cc1nc(-c2c(N)nsc2NCCCS(C)(=O)=O)cs1. The first-order chi connectivity index (χ1) is 9.37. The minimum atomic E-state index is -2.92. The average Bonchev–Trinajstić information content (AvgIpc) is 2.90. The lowest BCUT2D eigenvalue weighted by atomic mass is 10.2. The smallest absolute Gasteiger partial charge is 0.148 e. The number of hydrogen-bond donors (Lipinski definition) is 2. The van der Waals surface area contributed by atoms with E-state index >= 15 is 0 Å². The average molecular weight is 332 g/mol. The van der Waals surface area contributed by atoms with Gasteiger partial charge in [0.15, 0.2) is 0 Å². The van der Waals surface area contributed by atoms with Gasteiger partial charge in [0, 0.05) is 18.2 Å². The van der Waals surface area contributed by atoms with Gasteiger partial charge in [-0.2, -0.15) is 4.37 Å². The highest BCUT2D eigenvalue weighted by Gasteiger charge is 2.16. The van der Waals surface area contributed by atoms with Crippen LogP contribution in [-0.2, 0) is 9.84 Å². The van der Waals surface area contributed by atoms with Crippen molar-refractivity contribution >= 4 is 43.5 Å². The molecule has 2 rings (SSSR count). The van der Waals surface area contributed by atoms with Crippen LogP contribution in [0.25, 0.3) is 11.3 Å². The molecule has 0 atom stereocenters. The lowest BCUT2D eigenvalue weighted by Crippen LogP contribution is -2.09. The number of nitrogens with one attached hydrogen (secondary N) is 1. The number of sulfone groups is 1. The summed E-state index contributed by atoms with van der Waals surface area (Å²) in [6.07, 6.45) is 1.79. The second-order valence-electron chi connectivity index (χ2n) is 4.43. The molecule has 0 fully saturated rings. The number of nitrogens with two attached hydrogens (primary N) is 1. The van der Waals surface area contributed by atoms with Crippen molar-refractivity contribution < 1.29 is 8.42 Å². The van der Waals surface area contributed by atoms with Crippen LogP contribution in [0.4, 0.5) is 10.8 Å². The van der Waals surface area contributed by atoms with Crippen molar-refractivity contribution in [2.75, 3.05) is 29.6 Å². The molecule has 0 amide bonds. The first-order valence-corrected chi connectivity index (χ1v) is 9.67. The van der Waals surface area contributed by atoms with Gasteiger partial charge in [-0.05, 0) is 24.9 Å². The Hall–Kier alpha value is -1.19. The molecule has 0 saturated carbocycles. The van der Waals surface area contributed by atoms with Crippen LogP contribution in [0.5, 0.6) is 0 Å². The quantitative estimate of drug-likeness (QED) is 0.785. The molecule has 0 radical (unpaired) electrons. The molecule has 0 aliphatic heterocycles. The van der Waals surface area contributed by atoms with E-state index in [0.29, 0.717) is 18.8 Å². The number of aryl methyl sites for hydroxylation is 1. The largest absolute Gasteiger partial charge is 0.382 e. The molecule has 2 aromatic heterocycles. The number of nitrogen functional groups attached to an aromatic ring is 1. The van der Waals surface area contributed by atoms with Crippen LogP contribution in [0.2, 0.25) is 0 Å². The molecule has 0 bridgehead atoms. The predicted molar refractivity (Wildman–Crippen MR) is 85.2 cm³/mol. The van der Waals surface area contributed by atoms with Crippen molar-refractivity contribution in [3.8, 4) is 11.3 Å². The van der Waals surface area contributed by atoms with E-state index in [4.69, 9.17) is 5.73 Å². The maximum absolute atomic E-state index is 11.1. The summed E-state index contributed by atoms with van der Waals surface area (Å²) in [7, 11) is -2.92. The highest BCUT2D eigenvalue weighted by atomic mass is 32.2. The number of aromatic nitrogens is 2. The predicted octanol–water partition coefficient (Wildman–Crippen LogP) is 2.00. The first kappa shape index (κ1) is 15.2. The summed E-state index contributed by atoms with van der Waals surface area (Å²) in [6, 6.07) is 0. The third-order valence-corrected chi connectivity index (χ3v) is 5.19. The molecule has 3 N–H and O–H groups in total. The number of anilines is 2. The minimum Gasteiger partial charge on any atom is -0.382 e. The second-order valence-corrected chi connectivity index (χ2v) is 8.53. The van der Waals surface area contributed by atoms with Crippen molar-refractivity contribution in [3.05, 3.63) is 10.4 Å². The fraction of sp³-hybridized carbons (Fsp3) is 0.455. The normalized spacial score (nSPS) is 11.7. The van der Waals surface area contributed by atoms with Gasteiger partial charge in [-0.15, -0.1) is 11.3 Å². The lowest BCUT2D eigenvalue weighted by molar-refractivity contribution is 0.600.